The first kappa shape index (κ1) is 14.6. The van der Waals surface area contributed by atoms with Crippen LogP contribution in [-0.4, -0.2) is 22.2 Å². The highest BCUT2D eigenvalue weighted by Crippen LogP contribution is 2.21. The van der Waals surface area contributed by atoms with Crippen LogP contribution in [0.25, 0.3) is 0 Å². The summed E-state index contributed by atoms with van der Waals surface area (Å²) in [7, 11) is 0. The molecule has 7 nitrogen and oxygen atoms in total. The van der Waals surface area contributed by atoms with Crippen molar-refractivity contribution in [1.82, 2.24) is 5.43 Å². The number of benzene rings is 1. The summed E-state index contributed by atoms with van der Waals surface area (Å²) < 4.78 is 0. The first-order chi connectivity index (χ1) is 9.04. The largest absolute Gasteiger partial charge is 0.507 e. The molecule has 0 spiro atoms. The minimum Gasteiger partial charge on any atom is -0.507 e. The molecule has 0 unspecified atom stereocenters. The normalized spacial score (nSPS) is 10.6. The first-order valence-corrected chi connectivity index (χ1v) is 5.84. The molecule has 1 amide bonds. The van der Waals surface area contributed by atoms with E-state index >= 15 is 0 Å². The molecule has 0 bridgehead atoms. The van der Waals surface area contributed by atoms with Gasteiger partial charge < -0.3 is 5.11 Å². The summed E-state index contributed by atoms with van der Waals surface area (Å²) in [6, 6.07) is 3.57. The summed E-state index contributed by atoms with van der Waals surface area (Å²) in [5.74, 6) is -0.375. The van der Waals surface area contributed by atoms with Gasteiger partial charge in [0, 0.05) is 24.1 Å². The molecule has 0 fully saturated rings. The Morgan fingerprint density at radius 1 is 1.58 bits per heavy atom. The van der Waals surface area contributed by atoms with Crippen LogP contribution in [0.2, 0.25) is 0 Å². The number of non-ortho nitro benzene ring substituents is 1. The van der Waals surface area contributed by atoms with Gasteiger partial charge in [0.25, 0.3) is 5.69 Å². The van der Waals surface area contributed by atoms with Crippen LogP contribution in [-0.2, 0) is 4.79 Å². The van der Waals surface area contributed by atoms with Gasteiger partial charge in [-0.15, -0.1) is 0 Å². The first-order valence-electron chi connectivity index (χ1n) is 5.84. The summed E-state index contributed by atoms with van der Waals surface area (Å²) >= 11 is 0. The molecular formula is C12H15N3O4. The minimum absolute atomic E-state index is 0.142. The van der Waals surface area contributed by atoms with Crippen molar-refractivity contribution in [3.05, 3.63) is 33.9 Å². The zero-order valence-electron chi connectivity index (χ0n) is 10.5. The Hall–Kier alpha value is -2.44. The fourth-order valence-corrected chi connectivity index (χ4v) is 1.33. The Kier molecular flexibility index (Phi) is 5.46. The quantitative estimate of drug-likeness (QED) is 0.465. The predicted octanol–water partition coefficient (Wildman–Crippen LogP) is 1.94. The number of rotatable bonds is 6. The van der Waals surface area contributed by atoms with E-state index in [1.807, 2.05) is 6.92 Å². The molecule has 102 valence electrons. The van der Waals surface area contributed by atoms with Crippen molar-refractivity contribution in [3.8, 4) is 5.75 Å². The number of carbonyl (C=O) groups is 1. The van der Waals surface area contributed by atoms with Crippen LogP contribution in [0.5, 0.6) is 5.75 Å². The van der Waals surface area contributed by atoms with Crippen molar-refractivity contribution >= 4 is 17.8 Å². The van der Waals surface area contributed by atoms with Crippen LogP contribution >= 0.6 is 0 Å². The maximum absolute atomic E-state index is 11.3. The molecule has 0 saturated heterocycles. The molecule has 0 atom stereocenters. The molecule has 1 aromatic carbocycles. The minimum atomic E-state index is -0.573. The van der Waals surface area contributed by atoms with Crippen molar-refractivity contribution in [2.24, 2.45) is 5.10 Å². The van der Waals surface area contributed by atoms with E-state index in [2.05, 4.69) is 10.5 Å². The lowest BCUT2D eigenvalue weighted by molar-refractivity contribution is -0.384. The number of phenolic OH excluding ortho intramolecular Hbond substituents is 1. The van der Waals surface area contributed by atoms with Gasteiger partial charge in [-0.1, -0.05) is 13.3 Å². The summed E-state index contributed by atoms with van der Waals surface area (Å²) in [4.78, 5) is 21.3. The highest BCUT2D eigenvalue weighted by atomic mass is 16.6. The summed E-state index contributed by atoms with van der Waals surface area (Å²) in [5.41, 5.74) is 2.31. The maximum Gasteiger partial charge on any atom is 0.270 e. The number of unbranched alkanes of at least 4 members (excludes halogenated alkanes) is 1. The Balaban J connectivity index is 2.68. The van der Waals surface area contributed by atoms with E-state index in [9.17, 15) is 20.0 Å². The summed E-state index contributed by atoms with van der Waals surface area (Å²) in [6.07, 6.45) is 3.22. The number of aromatic hydroxyl groups is 1. The van der Waals surface area contributed by atoms with Gasteiger partial charge in [-0.25, -0.2) is 5.43 Å². The lowest BCUT2D eigenvalue weighted by Gasteiger charge is -2.00. The van der Waals surface area contributed by atoms with Crippen molar-refractivity contribution in [3.63, 3.8) is 0 Å². The van der Waals surface area contributed by atoms with Crippen LogP contribution in [0.3, 0.4) is 0 Å². The number of carbonyl (C=O) groups excluding carboxylic acids is 1. The van der Waals surface area contributed by atoms with Crippen LogP contribution < -0.4 is 5.43 Å². The molecule has 0 aliphatic carbocycles. The second-order valence-electron chi connectivity index (χ2n) is 3.90. The Morgan fingerprint density at radius 2 is 2.32 bits per heavy atom. The van der Waals surface area contributed by atoms with Crippen molar-refractivity contribution in [2.75, 3.05) is 0 Å². The predicted molar refractivity (Wildman–Crippen MR) is 70.0 cm³/mol. The molecule has 2 N–H and O–H groups in total. The molecule has 0 aliphatic rings. The topological polar surface area (TPSA) is 105 Å². The molecule has 7 heteroatoms. The van der Waals surface area contributed by atoms with Gasteiger partial charge in [0.05, 0.1) is 11.1 Å². The Morgan fingerprint density at radius 3 is 2.95 bits per heavy atom. The lowest BCUT2D eigenvalue weighted by atomic mass is 10.2. The van der Waals surface area contributed by atoms with Crippen LogP contribution in [0.15, 0.2) is 23.3 Å². The molecule has 0 saturated carbocycles. The number of nitro benzene ring substituents is 1. The van der Waals surface area contributed by atoms with Crippen molar-refractivity contribution < 1.29 is 14.8 Å². The van der Waals surface area contributed by atoms with Gasteiger partial charge in [0.15, 0.2) is 0 Å². The van der Waals surface area contributed by atoms with E-state index in [0.717, 1.165) is 12.8 Å². The average molecular weight is 265 g/mol. The number of nitrogens with one attached hydrogen (secondary N) is 1. The monoisotopic (exact) mass is 265 g/mol. The summed E-state index contributed by atoms with van der Waals surface area (Å²) in [6.45, 7) is 1.97. The second-order valence-corrected chi connectivity index (χ2v) is 3.90. The number of nitrogens with zero attached hydrogens (tertiary/aromatic N) is 2. The number of phenols is 1. The number of amides is 1. The van der Waals surface area contributed by atoms with Gasteiger partial charge in [-0.3, -0.25) is 14.9 Å². The Labute approximate surface area is 110 Å². The highest BCUT2D eigenvalue weighted by molar-refractivity contribution is 5.85. The smallest absolute Gasteiger partial charge is 0.270 e. The van der Waals surface area contributed by atoms with Crippen LogP contribution in [0.1, 0.15) is 31.7 Å². The van der Waals surface area contributed by atoms with Gasteiger partial charge in [-0.05, 0) is 12.5 Å². The van der Waals surface area contributed by atoms with Gasteiger partial charge in [0.1, 0.15) is 5.75 Å². The van der Waals surface area contributed by atoms with E-state index in [1.165, 1.54) is 24.4 Å². The molecule has 0 aliphatic heterocycles. The van der Waals surface area contributed by atoms with Gasteiger partial charge in [-0.2, -0.15) is 5.10 Å². The standard InChI is InChI=1S/C12H15N3O4/c1-2-3-4-12(17)14-13-8-9-7-10(15(18)19)5-6-11(9)16/h5-8,16H,2-4H2,1H3,(H,14,17). The fraction of sp³-hybridized carbons (Fsp3) is 0.333. The highest BCUT2D eigenvalue weighted by Gasteiger charge is 2.08. The molecule has 0 heterocycles. The number of hydrogen-bond acceptors (Lipinski definition) is 5. The van der Waals surface area contributed by atoms with Gasteiger partial charge in [0.2, 0.25) is 5.91 Å². The molecule has 1 rings (SSSR count). The van der Waals surface area contributed by atoms with E-state index in [-0.39, 0.29) is 22.9 Å². The van der Waals surface area contributed by atoms with E-state index in [1.54, 1.807) is 0 Å². The van der Waals surface area contributed by atoms with Crippen molar-refractivity contribution in [2.45, 2.75) is 26.2 Å². The molecule has 1 aromatic rings. The lowest BCUT2D eigenvalue weighted by Crippen LogP contribution is -2.16. The van der Waals surface area contributed by atoms with E-state index in [0.29, 0.717) is 6.42 Å². The Bertz CT molecular complexity index is 500. The third kappa shape index (κ3) is 4.74. The average Bonchev–Trinajstić information content (AvgIpc) is 2.38. The molecule has 19 heavy (non-hydrogen) atoms. The zero-order valence-corrected chi connectivity index (χ0v) is 10.5. The third-order valence-corrected chi connectivity index (χ3v) is 2.37. The second kappa shape index (κ2) is 7.10. The molecule has 0 aromatic heterocycles. The van der Waals surface area contributed by atoms with Crippen LogP contribution in [0.4, 0.5) is 5.69 Å². The maximum atomic E-state index is 11.3. The third-order valence-electron chi connectivity index (χ3n) is 2.37. The SMILES string of the molecule is CCCCC(=O)NN=Cc1cc([N+](=O)[O-])ccc1O. The number of hydrazone groups is 1. The number of hydrogen-bond donors (Lipinski definition) is 2. The van der Waals surface area contributed by atoms with E-state index < -0.39 is 4.92 Å². The van der Waals surface area contributed by atoms with E-state index in [4.69, 9.17) is 0 Å². The summed E-state index contributed by atoms with van der Waals surface area (Å²) in [5, 5.41) is 23.7. The molecular weight excluding hydrogens is 250 g/mol. The zero-order chi connectivity index (χ0) is 14.3. The fourth-order valence-electron chi connectivity index (χ4n) is 1.33. The molecule has 0 radical (unpaired) electrons. The van der Waals surface area contributed by atoms with Crippen LogP contribution in [0, 0.1) is 10.1 Å². The van der Waals surface area contributed by atoms with Crippen molar-refractivity contribution in [1.29, 1.82) is 0 Å². The van der Waals surface area contributed by atoms with Gasteiger partial charge >= 0.3 is 0 Å². The number of nitro groups is 1.